The van der Waals surface area contributed by atoms with E-state index in [0.29, 0.717) is 12.1 Å². The fourth-order valence-corrected chi connectivity index (χ4v) is 1.63. The maximum Gasteiger partial charge on any atom is 0.320 e. The van der Waals surface area contributed by atoms with Gasteiger partial charge in [-0.2, -0.15) is 4.98 Å². The minimum Gasteiger partial charge on any atom is -0.459 e. The van der Waals surface area contributed by atoms with E-state index in [2.05, 4.69) is 20.6 Å². The first-order valence-corrected chi connectivity index (χ1v) is 7.03. The van der Waals surface area contributed by atoms with Gasteiger partial charge in [0.15, 0.2) is 11.6 Å². The van der Waals surface area contributed by atoms with Crippen LogP contribution in [0.2, 0.25) is 0 Å². The molecule has 0 bridgehead atoms. The number of ether oxygens (including phenoxy) is 1. The minimum absolute atomic E-state index is 0.0907. The van der Waals surface area contributed by atoms with Crippen molar-refractivity contribution in [2.24, 2.45) is 0 Å². The smallest absolute Gasteiger partial charge is 0.320 e. The first kappa shape index (κ1) is 16.6. The van der Waals surface area contributed by atoms with Crippen LogP contribution in [0.1, 0.15) is 18.9 Å². The number of carbonyl (C=O) groups excluding carboxylic acids is 1. The second-order valence-corrected chi connectivity index (χ2v) is 4.65. The van der Waals surface area contributed by atoms with Crippen LogP contribution in [0.5, 0.6) is 6.01 Å². The predicted molar refractivity (Wildman–Crippen MR) is 80.0 cm³/mol. The summed E-state index contributed by atoms with van der Waals surface area (Å²) in [7, 11) is 0. The van der Waals surface area contributed by atoms with Crippen LogP contribution in [0, 0.1) is 11.6 Å². The molecule has 0 spiro atoms. The third-order valence-corrected chi connectivity index (χ3v) is 2.77. The van der Waals surface area contributed by atoms with Gasteiger partial charge in [-0.1, -0.05) is 19.1 Å². The fourth-order valence-electron chi connectivity index (χ4n) is 1.63. The lowest BCUT2D eigenvalue weighted by molar-refractivity contribution is 0.251. The van der Waals surface area contributed by atoms with Crippen molar-refractivity contribution >= 4 is 11.8 Å². The van der Waals surface area contributed by atoms with Crippen molar-refractivity contribution in [2.45, 2.75) is 20.0 Å². The van der Waals surface area contributed by atoms with Gasteiger partial charge in [0, 0.05) is 6.54 Å². The number of anilines is 1. The molecule has 0 unspecified atom stereocenters. The predicted octanol–water partition coefficient (Wildman–Crippen LogP) is 2.87. The molecule has 122 valence electrons. The molecule has 0 aliphatic carbocycles. The molecule has 1 heterocycles. The van der Waals surface area contributed by atoms with Gasteiger partial charge in [-0.05, 0) is 24.1 Å². The van der Waals surface area contributed by atoms with E-state index in [0.717, 1.165) is 12.6 Å². The van der Waals surface area contributed by atoms with Gasteiger partial charge in [-0.3, -0.25) is 5.32 Å². The molecule has 0 atom stereocenters. The van der Waals surface area contributed by atoms with Crippen LogP contribution in [-0.2, 0) is 6.61 Å². The molecule has 23 heavy (non-hydrogen) atoms. The molecule has 0 radical (unpaired) electrons. The van der Waals surface area contributed by atoms with Gasteiger partial charge in [-0.15, -0.1) is 0 Å². The van der Waals surface area contributed by atoms with Gasteiger partial charge in [0.2, 0.25) is 0 Å². The number of nitrogens with one attached hydrogen (secondary N) is 2. The quantitative estimate of drug-likeness (QED) is 0.857. The van der Waals surface area contributed by atoms with E-state index in [-0.39, 0.29) is 24.3 Å². The molecule has 0 fully saturated rings. The Hall–Kier alpha value is -2.77. The highest BCUT2D eigenvalue weighted by molar-refractivity contribution is 5.88. The fraction of sp³-hybridized carbons (Fsp3) is 0.267. The highest BCUT2D eigenvalue weighted by Gasteiger charge is 2.11. The third kappa shape index (κ3) is 5.17. The summed E-state index contributed by atoms with van der Waals surface area (Å²) in [4.78, 5) is 19.0. The van der Waals surface area contributed by atoms with Crippen LogP contribution in [0.15, 0.2) is 30.5 Å². The summed E-state index contributed by atoms with van der Waals surface area (Å²) in [6.45, 7) is 2.45. The van der Waals surface area contributed by atoms with Gasteiger partial charge in [0.05, 0.1) is 6.20 Å². The average molecular weight is 322 g/mol. The highest BCUT2D eigenvalue weighted by Crippen LogP contribution is 2.14. The summed E-state index contributed by atoms with van der Waals surface area (Å²) in [5.41, 5.74) is 0.703. The van der Waals surface area contributed by atoms with Gasteiger partial charge >= 0.3 is 12.0 Å². The van der Waals surface area contributed by atoms with Crippen LogP contribution in [-0.4, -0.2) is 22.5 Å². The first-order chi connectivity index (χ1) is 11.1. The molecule has 2 N–H and O–H groups in total. The Morgan fingerprint density at radius 3 is 2.70 bits per heavy atom. The standard InChI is InChI=1S/C15H16F2N4O2/c1-2-7-18-14(22)20-13-12(17)8-19-15(21-13)23-9-10-3-5-11(16)6-4-10/h3-6,8H,2,7,9H2,1H3,(H2,18,19,20,21,22). The van der Waals surface area contributed by atoms with E-state index in [4.69, 9.17) is 4.74 Å². The Balaban J connectivity index is 1.98. The number of nitrogens with zero attached hydrogens (tertiary/aromatic N) is 2. The summed E-state index contributed by atoms with van der Waals surface area (Å²) < 4.78 is 31.7. The molecule has 8 heteroatoms. The first-order valence-electron chi connectivity index (χ1n) is 7.03. The molecule has 0 saturated carbocycles. The van der Waals surface area contributed by atoms with E-state index in [1.165, 1.54) is 12.1 Å². The minimum atomic E-state index is -0.772. The van der Waals surface area contributed by atoms with Crippen molar-refractivity contribution in [1.29, 1.82) is 0 Å². The van der Waals surface area contributed by atoms with Gasteiger partial charge < -0.3 is 10.1 Å². The molecule has 2 amide bonds. The number of amides is 2. The Morgan fingerprint density at radius 1 is 1.26 bits per heavy atom. The van der Waals surface area contributed by atoms with Crippen molar-refractivity contribution < 1.29 is 18.3 Å². The van der Waals surface area contributed by atoms with Crippen LogP contribution < -0.4 is 15.4 Å². The van der Waals surface area contributed by atoms with E-state index in [1.54, 1.807) is 12.1 Å². The van der Waals surface area contributed by atoms with E-state index in [9.17, 15) is 13.6 Å². The molecule has 2 aromatic rings. The lowest BCUT2D eigenvalue weighted by Crippen LogP contribution is -2.30. The molecule has 2 rings (SSSR count). The monoisotopic (exact) mass is 322 g/mol. The summed E-state index contributed by atoms with van der Waals surface area (Å²) in [6.07, 6.45) is 1.66. The van der Waals surface area contributed by atoms with Crippen molar-refractivity contribution in [1.82, 2.24) is 15.3 Å². The number of hydrogen-bond acceptors (Lipinski definition) is 4. The Labute approximate surface area is 131 Å². The lowest BCUT2D eigenvalue weighted by Gasteiger charge is -2.09. The highest BCUT2D eigenvalue weighted by atomic mass is 19.1. The zero-order valence-corrected chi connectivity index (χ0v) is 12.5. The number of carbonyl (C=O) groups is 1. The lowest BCUT2D eigenvalue weighted by atomic mass is 10.2. The summed E-state index contributed by atoms with van der Waals surface area (Å²) >= 11 is 0. The average Bonchev–Trinajstić information content (AvgIpc) is 2.55. The molecular weight excluding hydrogens is 306 g/mol. The van der Waals surface area contributed by atoms with Crippen LogP contribution in [0.4, 0.5) is 19.4 Å². The second kappa shape index (κ2) is 8.02. The van der Waals surface area contributed by atoms with Gasteiger partial charge in [0.25, 0.3) is 0 Å². The van der Waals surface area contributed by atoms with Crippen molar-refractivity contribution in [3.63, 3.8) is 0 Å². The Morgan fingerprint density at radius 2 is 2.00 bits per heavy atom. The summed E-state index contributed by atoms with van der Waals surface area (Å²) in [6, 6.07) is 5.05. The summed E-state index contributed by atoms with van der Waals surface area (Å²) in [5, 5.41) is 4.82. The third-order valence-electron chi connectivity index (χ3n) is 2.77. The maximum atomic E-state index is 13.6. The SMILES string of the molecule is CCCNC(=O)Nc1nc(OCc2ccc(F)cc2)ncc1F. The van der Waals surface area contributed by atoms with E-state index in [1.807, 2.05) is 6.92 Å². The second-order valence-electron chi connectivity index (χ2n) is 4.65. The van der Waals surface area contributed by atoms with Crippen LogP contribution in [0.3, 0.4) is 0 Å². The van der Waals surface area contributed by atoms with Crippen LogP contribution >= 0.6 is 0 Å². The molecule has 0 aliphatic rings. The van der Waals surface area contributed by atoms with Gasteiger partial charge in [-0.25, -0.2) is 18.6 Å². The van der Waals surface area contributed by atoms with E-state index >= 15 is 0 Å². The Kier molecular flexibility index (Phi) is 5.79. The van der Waals surface area contributed by atoms with Crippen molar-refractivity contribution in [3.05, 3.63) is 47.7 Å². The molecule has 1 aromatic carbocycles. The number of aromatic nitrogens is 2. The normalized spacial score (nSPS) is 10.2. The molecule has 0 aliphatic heterocycles. The number of hydrogen-bond donors (Lipinski definition) is 2. The molecule has 6 nitrogen and oxygen atoms in total. The number of benzene rings is 1. The maximum absolute atomic E-state index is 13.6. The zero-order valence-electron chi connectivity index (χ0n) is 12.5. The van der Waals surface area contributed by atoms with Crippen molar-refractivity contribution in [3.8, 4) is 6.01 Å². The largest absolute Gasteiger partial charge is 0.459 e. The van der Waals surface area contributed by atoms with Gasteiger partial charge in [0.1, 0.15) is 12.4 Å². The zero-order chi connectivity index (χ0) is 16.7. The molecule has 0 saturated heterocycles. The van der Waals surface area contributed by atoms with E-state index < -0.39 is 11.8 Å². The summed E-state index contributed by atoms with van der Waals surface area (Å²) in [5.74, 6) is -1.40. The molecular formula is C15H16F2N4O2. The van der Waals surface area contributed by atoms with Crippen molar-refractivity contribution in [2.75, 3.05) is 11.9 Å². The number of urea groups is 1. The Bertz CT molecular complexity index is 665. The topological polar surface area (TPSA) is 76.1 Å². The number of halogens is 2. The molecule has 1 aromatic heterocycles. The van der Waals surface area contributed by atoms with Crippen LogP contribution in [0.25, 0.3) is 0 Å². The number of rotatable bonds is 6.